The van der Waals surface area contributed by atoms with Gasteiger partial charge in [0.25, 0.3) is 5.91 Å². The molecule has 1 aliphatic heterocycles. The lowest BCUT2D eigenvalue weighted by Gasteiger charge is -2.32. The minimum atomic E-state index is -4.48. The fraction of sp³-hybridized carbons (Fsp3) is 0.611. The first-order chi connectivity index (χ1) is 13.2. The van der Waals surface area contributed by atoms with Gasteiger partial charge in [0, 0.05) is 44.4 Å². The fourth-order valence-electron chi connectivity index (χ4n) is 3.53. The quantitative estimate of drug-likeness (QED) is 0.808. The molecule has 0 aliphatic carbocycles. The molecule has 10 heteroatoms. The third-order valence-electron chi connectivity index (χ3n) is 4.81. The van der Waals surface area contributed by atoms with E-state index in [4.69, 9.17) is 0 Å². The summed E-state index contributed by atoms with van der Waals surface area (Å²) in [7, 11) is 1.71. The lowest BCUT2D eigenvalue weighted by Crippen LogP contribution is -2.36. The van der Waals surface area contributed by atoms with Crippen LogP contribution in [-0.4, -0.2) is 49.6 Å². The van der Waals surface area contributed by atoms with Crippen molar-refractivity contribution in [1.82, 2.24) is 24.5 Å². The van der Waals surface area contributed by atoms with Gasteiger partial charge in [-0.05, 0) is 12.8 Å². The summed E-state index contributed by atoms with van der Waals surface area (Å²) in [5.41, 5.74) is 0.696. The van der Waals surface area contributed by atoms with Crippen LogP contribution in [0.1, 0.15) is 61.2 Å². The Hall–Kier alpha value is -2.52. The normalized spacial score (nSPS) is 19.2. The predicted octanol–water partition coefficient (Wildman–Crippen LogP) is 3.54. The Morgan fingerprint density at radius 1 is 1.32 bits per heavy atom. The summed E-state index contributed by atoms with van der Waals surface area (Å²) < 4.78 is 43.6. The van der Waals surface area contributed by atoms with E-state index in [0.29, 0.717) is 18.7 Å². The summed E-state index contributed by atoms with van der Waals surface area (Å²) in [6.07, 6.45) is 0.0831. The number of aromatic nitrogens is 4. The van der Waals surface area contributed by atoms with Crippen LogP contribution in [0.15, 0.2) is 18.5 Å². The van der Waals surface area contributed by atoms with Crippen LogP contribution < -0.4 is 5.32 Å². The molecule has 1 aliphatic rings. The third-order valence-corrected chi connectivity index (χ3v) is 4.81. The highest BCUT2D eigenvalue weighted by molar-refractivity contribution is 5.93. The smallest absolute Gasteiger partial charge is 0.363 e. The molecule has 0 fully saturated rings. The van der Waals surface area contributed by atoms with Gasteiger partial charge < -0.3 is 10.2 Å². The van der Waals surface area contributed by atoms with Gasteiger partial charge in [0.15, 0.2) is 11.7 Å². The average Bonchev–Trinajstić information content (AvgIpc) is 3.25. The molecule has 3 rings (SSSR count). The molecule has 2 atom stereocenters. The molecule has 0 saturated carbocycles. The number of halogens is 3. The Labute approximate surface area is 161 Å². The van der Waals surface area contributed by atoms with E-state index >= 15 is 0 Å². The summed E-state index contributed by atoms with van der Waals surface area (Å²) in [4.78, 5) is 14.4. The lowest BCUT2D eigenvalue weighted by molar-refractivity contribution is -0.173. The number of hydrogen-bond donors (Lipinski definition) is 1. The summed E-state index contributed by atoms with van der Waals surface area (Å²) in [6, 6.07) is -0.946. The van der Waals surface area contributed by atoms with Crippen LogP contribution in [0.25, 0.3) is 0 Å². The molecule has 28 heavy (non-hydrogen) atoms. The van der Waals surface area contributed by atoms with Crippen molar-refractivity contribution in [3.8, 4) is 0 Å². The molecule has 7 nitrogen and oxygen atoms in total. The Kier molecular flexibility index (Phi) is 5.66. The molecule has 0 unspecified atom stereocenters. The number of nitrogens with zero attached hydrogens (tertiary/aromatic N) is 5. The van der Waals surface area contributed by atoms with Gasteiger partial charge in [-0.15, -0.1) is 0 Å². The molecule has 0 radical (unpaired) electrons. The van der Waals surface area contributed by atoms with E-state index in [1.807, 2.05) is 13.8 Å². The molecule has 2 aromatic rings. The van der Waals surface area contributed by atoms with Crippen molar-refractivity contribution in [2.24, 2.45) is 7.05 Å². The number of alkyl halides is 3. The van der Waals surface area contributed by atoms with Crippen LogP contribution >= 0.6 is 0 Å². The number of fused-ring (bicyclic) bond motifs is 1. The van der Waals surface area contributed by atoms with Crippen molar-refractivity contribution < 1.29 is 18.0 Å². The minimum Gasteiger partial charge on any atom is -0.363 e. The van der Waals surface area contributed by atoms with Crippen LogP contribution in [0.2, 0.25) is 0 Å². The molecule has 0 spiro atoms. The number of amides is 1. The van der Waals surface area contributed by atoms with Crippen molar-refractivity contribution in [1.29, 1.82) is 0 Å². The van der Waals surface area contributed by atoms with Crippen molar-refractivity contribution in [3.05, 3.63) is 29.7 Å². The largest absolute Gasteiger partial charge is 0.410 e. The van der Waals surface area contributed by atoms with Crippen LogP contribution in [0, 0.1) is 0 Å². The van der Waals surface area contributed by atoms with E-state index in [-0.39, 0.29) is 23.8 Å². The molecule has 0 aromatic carbocycles. The summed E-state index contributed by atoms with van der Waals surface area (Å²) >= 11 is 0. The summed E-state index contributed by atoms with van der Waals surface area (Å²) in [5.74, 6) is -0.148. The van der Waals surface area contributed by atoms with Gasteiger partial charge >= 0.3 is 6.18 Å². The van der Waals surface area contributed by atoms with Gasteiger partial charge in [-0.25, -0.2) is 4.68 Å². The number of hydrogen-bond acceptors (Lipinski definition) is 4. The van der Waals surface area contributed by atoms with E-state index in [1.165, 1.54) is 6.07 Å². The van der Waals surface area contributed by atoms with Gasteiger partial charge in [-0.3, -0.25) is 9.48 Å². The Balaban J connectivity index is 1.94. The number of aryl methyl sites for hydroxylation is 1. The monoisotopic (exact) mass is 398 g/mol. The zero-order valence-corrected chi connectivity index (χ0v) is 16.2. The molecule has 0 bridgehead atoms. The lowest BCUT2D eigenvalue weighted by atomic mass is 9.99. The van der Waals surface area contributed by atoms with Gasteiger partial charge in [0.05, 0.1) is 12.2 Å². The predicted molar refractivity (Wildman–Crippen MR) is 98.0 cm³/mol. The van der Waals surface area contributed by atoms with Crippen molar-refractivity contribution >= 4 is 11.7 Å². The SMILES string of the molecule is CCCN(CCC)C(=O)c1cc2n(n1)[C@@H](C(F)(F)F)C[C@@H](c1cnn(C)c1)N2. The van der Waals surface area contributed by atoms with E-state index in [0.717, 1.165) is 17.5 Å². The van der Waals surface area contributed by atoms with E-state index in [1.54, 1.807) is 29.0 Å². The number of rotatable bonds is 6. The zero-order valence-electron chi connectivity index (χ0n) is 16.2. The molecular weight excluding hydrogens is 373 g/mol. The Morgan fingerprint density at radius 3 is 2.54 bits per heavy atom. The Morgan fingerprint density at radius 2 is 2.00 bits per heavy atom. The number of carbonyl (C=O) groups excluding carboxylic acids is 1. The number of anilines is 1. The summed E-state index contributed by atoms with van der Waals surface area (Å²) in [5, 5.41) is 11.2. The van der Waals surface area contributed by atoms with Crippen LogP contribution in [-0.2, 0) is 7.05 Å². The number of carbonyl (C=O) groups is 1. The van der Waals surface area contributed by atoms with E-state index in [9.17, 15) is 18.0 Å². The zero-order chi connectivity index (χ0) is 20.5. The topological polar surface area (TPSA) is 68.0 Å². The van der Waals surface area contributed by atoms with Gasteiger partial charge in [0.1, 0.15) is 5.82 Å². The Bertz CT molecular complexity index is 822. The molecule has 154 valence electrons. The first-order valence-electron chi connectivity index (χ1n) is 9.45. The molecule has 0 saturated heterocycles. The second-order valence-corrected chi connectivity index (χ2v) is 7.09. The minimum absolute atomic E-state index is 0.0329. The van der Waals surface area contributed by atoms with Crippen molar-refractivity contribution in [2.45, 2.75) is 51.4 Å². The van der Waals surface area contributed by atoms with Gasteiger partial charge in [-0.1, -0.05) is 13.8 Å². The fourth-order valence-corrected chi connectivity index (χ4v) is 3.53. The van der Waals surface area contributed by atoms with Crippen molar-refractivity contribution in [3.63, 3.8) is 0 Å². The second kappa shape index (κ2) is 7.84. The van der Waals surface area contributed by atoms with E-state index in [2.05, 4.69) is 15.5 Å². The number of nitrogens with one attached hydrogen (secondary N) is 1. The highest BCUT2D eigenvalue weighted by atomic mass is 19.4. The van der Waals surface area contributed by atoms with Crippen LogP contribution in [0.5, 0.6) is 0 Å². The molecule has 2 aromatic heterocycles. The standard InChI is InChI=1S/C18H25F3N6O/c1-4-6-26(7-5-2)17(28)14-9-16-23-13(12-10-22-25(3)11-12)8-15(18(19,20)21)27(16)24-14/h9-11,13,15,23H,4-8H2,1-3H3/t13-,15+/m0/s1. The van der Waals surface area contributed by atoms with Crippen LogP contribution in [0.3, 0.4) is 0 Å². The molecule has 1 N–H and O–H groups in total. The van der Waals surface area contributed by atoms with Gasteiger partial charge in [0.2, 0.25) is 0 Å². The molecular formula is C18H25F3N6O. The van der Waals surface area contributed by atoms with E-state index < -0.39 is 18.3 Å². The van der Waals surface area contributed by atoms with Crippen LogP contribution in [0.4, 0.5) is 19.0 Å². The third kappa shape index (κ3) is 4.00. The maximum absolute atomic E-state index is 13.7. The molecule has 3 heterocycles. The highest BCUT2D eigenvalue weighted by Crippen LogP contribution is 2.43. The maximum atomic E-state index is 13.7. The average molecular weight is 398 g/mol. The summed E-state index contributed by atoms with van der Waals surface area (Å²) in [6.45, 7) is 4.99. The first-order valence-corrected chi connectivity index (χ1v) is 9.45. The highest BCUT2D eigenvalue weighted by Gasteiger charge is 2.47. The van der Waals surface area contributed by atoms with Gasteiger partial charge in [-0.2, -0.15) is 23.4 Å². The first kappa shape index (κ1) is 20.2. The maximum Gasteiger partial charge on any atom is 0.410 e. The molecule has 1 amide bonds. The van der Waals surface area contributed by atoms with Crippen molar-refractivity contribution in [2.75, 3.05) is 18.4 Å². The second-order valence-electron chi connectivity index (χ2n) is 7.09.